The Morgan fingerprint density at radius 2 is 1.55 bits per heavy atom. The molecule has 0 radical (unpaired) electrons. The van der Waals surface area contributed by atoms with E-state index in [-0.39, 0.29) is 28.7 Å². The van der Waals surface area contributed by atoms with Crippen LogP contribution in [0.5, 0.6) is 28.7 Å². The number of hydrogen-bond acceptors (Lipinski definition) is 9. The first-order valence-electron chi connectivity index (χ1n) is 10.1. The van der Waals surface area contributed by atoms with E-state index in [1.165, 1.54) is 29.1 Å². The Kier molecular flexibility index (Phi) is 7.29. The van der Waals surface area contributed by atoms with Gasteiger partial charge in [-0.05, 0) is 43.4 Å². The topological polar surface area (TPSA) is 159 Å². The van der Waals surface area contributed by atoms with Gasteiger partial charge >= 0.3 is 0 Å². The number of carbonyl (C=O) groups excluding carboxylic acids is 2. The van der Waals surface area contributed by atoms with Crippen LogP contribution >= 0.6 is 11.3 Å². The third kappa shape index (κ3) is 5.47. The maximum atomic E-state index is 12.7. The Labute approximate surface area is 193 Å². The first-order chi connectivity index (χ1) is 15.7. The van der Waals surface area contributed by atoms with E-state index in [1.807, 2.05) is 0 Å². The van der Waals surface area contributed by atoms with Gasteiger partial charge in [0.25, 0.3) is 5.91 Å². The largest absolute Gasteiger partial charge is 0.508 e. The van der Waals surface area contributed by atoms with Gasteiger partial charge in [0.2, 0.25) is 0 Å². The highest BCUT2D eigenvalue weighted by Crippen LogP contribution is 2.40. The number of thiophene rings is 1. The van der Waals surface area contributed by atoms with E-state index in [0.29, 0.717) is 11.8 Å². The molecule has 0 atom stereocenters. The minimum absolute atomic E-state index is 0.109. The molecular weight excluding hydrogens is 448 g/mol. The molecule has 0 spiro atoms. The number of nitrogens with one attached hydrogen (secondary N) is 2. The Bertz CT molecular complexity index is 1150. The summed E-state index contributed by atoms with van der Waals surface area (Å²) in [5, 5.41) is 52.6. The fourth-order valence-electron chi connectivity index (χ4n) is 3.54. The van der Waals surface area contributed by atoms with Gasteiger partial charge < -0.3 is 36.2 Å². The zero-order valence-corrected chi connectivity index (χ0v) is 18.6. The monoisotopic (exact) mass is 472 g/mol. The lowest BCUT2D eigenvalue weighted by atomic mass is 9.95. The maximum absolute atomic E-state index is 12.7. The number of carbonyl (C=O) groups is 2. The molecule has 1 heterocycles. The van der Waals surface area contributed by atoms with Gasteiger partial charge in [-0.15, -0.1) is 11.3 Å². The molecule has 7 N–H and O–H groups in total. The molecule has 1 amide bonds. The number of phenols is 5. The standard InChI is InChI=1S/C16H18N2O4S.C7H6O3/c1-17-16-13(9-4-2-3-5-12(9)23-16)15(22)18-8-6-10(19)14(21)11(20)7-8;8-4-5-1-6(9)3-7(10)2-5/h6-7,17,19-21H,2-5H2,1H3,(H,18,22);1-4,9-10H. The number of aryl methyl sites for hydroxylation is 1. The third-order valence-corrected chi connectivity index (χ3v) is 6.32. The fraction of sp³-hybridized carbons (Fsp3) is 0.217. The van der Waals surface area contributed by atoms with Crippen LogP contribution in [-0.2, 0) is 12.8 Å². The predicted molar refractivity (Wildman–Crippen MR) is 125 cm³/mol. The van der Waals surface area contributed by atoms with Crippen molar-refractivity contribution in [2.45, 2.75) is 25.7 Å². The SMILES string of the molecule is CNc1sc2c(c1C(=O)Nc1cc(O)c(O)c(O)c1)CCCC2.O=Cc1cc(O)cc(O)c1. The molecule has 1 aliphatic rings. The number of hydrogen-bond donors (Lipinski definition) is 7. The molecule has 3 aromatic rings. The minimum Gasteiger partial charge on any atom is -0.508 e. The van der Waals surface area contributed by atoms with Crippen LogP contribution < -0.4 is 10.6 Å². The van der Waals surface area contributed by atoms with Gasteiger partial charge in [-0.3, -0.25) is 9.59 Å². The lowest BCUT2D eigenvalue weighted by molar-refractivity contribution is 0.102. The molecule has 0 fully saturated rings. The minimum atomic E-state index is -0.605. The second kappa shape index (κ2) is 10.1. The molecule has 2 aromatic carbocycles. The fourth-order valence-corrected chi connectivity index (χ4v) is 4.78. The molecule has 1 aliphatic carbocycles. The highest BCUT2D eigenvalue weighted by Gasteiger charge is 2.25. The first kappa shape index (κ1) is 23.7. The summed E-state index contributed by atoms with van der Waals surface area (Å²) in [5.74, 6) is -2.09. The average Bonchev–Trinajstić information content (AvgIpc) is 3.16. The quantitative estimate of drug-likeness (QED) is 0.171. The summed E-state index contributed by atoms with van der Waals surface area (Å²) in [4.78, 5) is 24.0. The highest BCUT2D eigenvalue weighted by molar-refractivity contribution is 7.16. The van der Waals surface area contributed by atoms with E-state index in [9.17, 15) is 24.9 Å². The first-order valence-corrected chi connectivity index (χ1v) is 10.9. The second-order valence-corrected chi connectivity index (χ2v) is 8.49. The smallest absolute Gasteiger partial charge is 0.258 e. The number of benzene rings is 2. The molecule has 9 nitrogen and oxygen atoms in total. The summed E-state index contributed by atoms with van der Waals surface area (Å²) in [5.41, 5.74) is 2.19. The van der Waals surface area contributed by atoms with Crippen molar-refractivity contribution in [3.05, 3.63) is 51.9 Å². The van der Waals surface area contributed by atoms with E-state index in [2.05, 4.69) is 10.6 Å². The molecule has 4 rings (SSSR count). The number of aldehydes is 1. The van der Waals surface area contributed by atoms with Crippen molar-refractivity contribution < 1.29 is 35.1 Å². The van der Waals surface area contributed by atoms with Crippen molar-refractivity contribution in [3.63, 3.8) is 0 Å². The Morgan fingerprint density at radius 1 is 0.939 bits per heavy atom. The molecule has 0 bridgehead atoms. The number of amides is 1. The number of aromatic hydroxyl groups is 5. The van der Waals surface area contributed by atoms with Gasteiger partial charge in [0.1, 0.15) is 22.8 Å². The summed E-state index contributed by atoms with van der Waals surface area (Å²) in [6, 6.07) is 6.10. The Morgan fingerprint density at radius 3 is 2.12 bits per heavy atom. The van der Waals surface area contributed by atoms with Gasteiger partial charge in [-0.2, -0.15) is 0 Å². The zero-order valence-electron chi connectivity index (χ0n) is 17.8. The van der Waals surface area contributed by atoms with E-state index >= 15 is 0 Å². The predicted octanol–water partition coefficient (Wildman–Crippen LogP) is 3.95. The normalized spacial score (nSPS) is 12.2. The summed E-state index contributed by atoms with van der Waals surface area (Å²) in [6.45, 7) is 0. The lowest BCUT2D eigenvalue weighted by Gasteiger charge is -2.13. The van der Waals surface area contributed by atoms with E-state index in [4.69, 9.17) is 10.2 Å². The van der Waals surface area contributed by atoms with E-state index in [1.54, 1.807) is 18.4 Å². The Balaban J connectivity index is 0.000000257. The molecule has 1 aromatic heterocycles. The molecular formula is C23H24N2O7S. The van der Waals surface area contributed by atoms with Gasteiger partial charge in [0.05, 0.1) is 5.56 Å². The van der Waals surface area contributed by atoms with Gasteiger partial charge in [0, 0.05) is 41.4 Å². The van der Waals surface area contributed by atoms with Crippen molar-refractivity contribution in [1.82, 2.24) is 0 Å². The number of anilines is 2. The molecule has 10 heteroatoms. The van der Waals surface area contributed by atoms with Crippen LogP contribution in [0.4, 0.5) is 10.7 Å². The molecule has 174 valence electrons. The van der Waals surface area contributed by atoms with Crippen molar-refractivity contribution in [2.24, 2.45) is 0 Å². The Hall–Kier alpha value is -3.92. The number of rotatable bonds is 4. The molecule has 0 saturated carbocycles. The van der Waals surface area contributed by atoms with Gasteiger partial charge in [-0.25, -0.2) is 0 Å². The highest BCUT2D eigenvalue weighted by atomic mass is 32.1. The average molecular weight is 473 g/mol. The summed E-state index contributed by atoms with van der Waals surface area (Å²) in [7, 11) is 1.78. The van der Waals surface area contributed by atoms with Crippen LogP contribution in [0, 0.1) is 0 Å². The van der Waals surface area contributed by atoms with Crippen molar-refractivity contribution in [1.29, 1.82) is 0 Å². The van der Waals surface area contributed by atoms with Crippen molar-refractivity contribution in [3.8, 4) is 28.7 Å². The molecule has 0 aliphatic heterocycles. The molecule has 0 saturated heterocycles. The van der Waals surface area contributed by atoms with Crippen LogP contribution in [0.25, 0.3) is 0 Å². The summed E-state index contributed by atoms with van der Waals surface area (Å²) in [6.07, 6.45) is 4.62. The van der Waals surface area contributed by atoms with Crippen LogP contribution in [0.15, 0.2) is 30.3 Å². The number of fused-ring (bicyclic) bond motifs is 1. The molecule has 33 heavy (non-hydrogen) atoms. The number of phenolic OH excluding ortho intramolecular Hbond substituents is 5. The maximum Gasteiger partial charge on any atom is 0.258 e. The van der Waals surface area contributed by atoms with Crippen LogP contribution in [-0.4, -0.2) is 44.8 Å². The van der Waals surface area contributed by atoms with Gasteiger partial charge in [0.15, 0.2) is 17.2 Å². The van der Waals surface area contributed by atoms with Gasteiger partial charge in [-0.1, -0.05) is 0 Å². The summed E-state index contributed by atoms with van der Waals surface area (Å²) >= 11 is 1.60. The zero-order chi connectivity index (χ0) is 24.1. The van der Waals surface area contributed by atoms with E-state index < -0.39 is 17.2 Å². The van der Waals surface area contributed by atoms with Crippen LogP contribution in [0.3, 0.4) is 0 Å². The lowest BCUT2D eigenvalue weighted by Crippen LogP contribution is -2.15. The van der Waals surface area contributed by atoms with Crippen molar-refractivity contribution in [2.75, 3.05) is 17.7 Å². The van der Waals surface area contributed by atoms with Crippen molar-refractivity contribution >= 4 is 34.2 Å². The van der Waals surface area contributed by atoms with E-state index in [0.717, 1.165) is 42.3 Å². The van der Waals surface area contributed by atoms with Crippen LogP contribution in [0.2, 0.25) is 0 Å². The third-order valence-electron chi connectivity index (χ3n) is 5.01. The summed E-state index contributed by atoms with van der Waals surface area (Å²) < 4.78 is 0. The van der Waals surface area contributed by atoms with Crippen LogP contribution in [0.1, 0.15) is 44.0 Å². The molecule has 0 unspecified atom stereocenters. The second-order valence-electron chi connectivity index (χ2n) is 7.38.